The van der Waals surface area contributed by atoms with Gasteiger partial charge in [0.05, 0.1) is 12.1 Å². The molecule has 1 aliphatic carbocycles. The van der Waals surface area contributed by atoms with E-state index in [4.69, 9.17) is 4.74 Å². The van der Waals surface area contributed by atoms with Gasteiger partial charge >= 0.3 is 6.09 Å². The first-order valence-electron chi connectivity index (χ1n) is 9.26. The van der Waals surface area contributed by atoms with E-state index in [1.54, 1.807) is 4.90 Å². The molecule has 3 atom stereocenters. The van der Waals surface area contributed by atoms with Crippen molar-refractivity contribution in [3.63, 3.8) is 0 Å². The number of ether oxygens (including phenoxy) is 1. The van der Waals surface area contributed by atoms with E-state index in [9.17, 15) is 9.18 Å². The molecule has 1 aliphatic rings. The molecule has 0 spiro atoms. The fraction of sp³-hybridized carbons (Fsp3) is 0.261. The number of alkyl halides is 1. The summed E-state index contributed by atoms with van der Waals surface area (Å²) in [5, 5.41) is 2.18. The minimum Gasteiger partial charge on any atom is -0.445 e. The number of rotatable bonds is 5. The van der Waals surface area contributed by atoms with Gasteiger partial charge in [-0.05, 0) is 28.8 Å². The lowest BCUT2D eigenvalue weighted by atomic mass is 9.99. The SMILES string of the molecule is C[C@@H](c1cccc2ccccc12)N(C(=O)OCc1ccccc1)[C@H]1C[C@@H]1F. The van der Waals surface area contributed by atoms with Crippen molar-refractivity contribution >= 4 is 16.9 Å². The van der Waals surface area contributed by atoms with Crippen LogP contribution in [0.15, 0.2) is 72.8 Å². The van der Waals surface area contributed by atoms with Gasteiger partial charge in [0.1, 0.15) is 12.8 Å². The van der Waals surface area contributed by atoms with Gasteiger partial charge in [-0.3, -0.25) is 4.90 Å². The van der Waals surface area contributed by atoms with Crippen molar-refractivity contribution in [3.8, 4) is 0 Å². The summed E-state index contributed by atoms with van der Waals surface area (Å²) in [5.41, 5.74) is 1.92. The van der Waals surface area contributed by atoms with Gasteiger partial charge in [0.2, 0.25) is 0 Å². The highest BCUT2D eigenvalue weighted by Gasteiger charge is 2.47. The first-order valence-corrected chi connectivity index (χ1v) is 9.26. The lowest BCUT2D eigenvalue weighted by Crippen LogP contribution is -2.37. The van der Waals surface area contributed by atoms with Crippen molar-refractivity contribution in [2.24, 2.45) is 0 Å². The Balaban J connectivity index is 1.59. The van der Waals surface area contributed by atoms with E-state index in [-0.39, 0.29) is 12.6 Å². The van der Waals surface area contributed by atoms with Crippen LogP contribution in [0, 0.1) is 0 Å². The molecule has 138 valence electrons. The molecular weight excluding hydrogens is 341 g/mol. The summed E-state index contributed by atoms with van der Waals surface area (Å²) in [6, 6.07) is 22.9. The third-order valence-electron chi connectivity index (χ3n) is 5.14. The van der Waals surface area contributed by atoms with E-state index < -0.39 is 18.3 Å². The van der Waals surface area contributed by atoms with Crippen LogP contribution in [0.3, 0.4) is 0 Å². The van der Waals surface area contributed by atoms with Crippen LogP contribution >= 0.6 is 0 Å². The van der Waals surface area contributed by atoms with E-state index in [0.29, 0.717) is 6.42 Å². The molecule has 3 aromatic carbocycles. The number of amides is 1. The molecule has 4 heteroatoms. The van der Waals surface area contributed by atoms with Crippen LogP contribution in [-0.2, 0) is 11.3 Å². The van der Waals surface area contributed by atoms with E-state index in [1.807, 2.05) is 79.7 Å². The Kier molecular flexibility index (Phi) is 4.80. The predicted molar refractivity (Wildman–Crippen MR) is 104 cm³/mol. The summed E-state index contributed by atoms with van der Waals surface area (Å²) in [4.78, 5) is 14.4. The molecule has 0 radical (unpaired) electrons. The van der Waals surface area contributed by atoms with E-state index in [2.05, 4.69) is 0 Å². The molecule has 27 heavy (non-hydrogen) atoms. The summed E-state index contributed by atoms with van der Waals surface area (Å²) >= 11 is 0. The highest BCUT2D eigenvalue weighted by atomic mass is 19.1. The molecule has 3 nitrogen and oxygen atoms in total. The Hall–Kier alpha value is -2.88. The minimum atomic E-state index is -0.980. The topological polar surface area (TPSA) is 29.5 Å². The third-order valence-corrected chi connectivity index (χ3v) is 5.14. The molecule has 0 aliphatic heterocycles. The van der Waals surface area contributed by atoms with Gasteiger partial charge in [0.25, 0.3) is 0 Å². The van der Waals surface area contributed by atoms with Gasteiger partial charge < -0.3 is 4.74 Å². The highest BCUT2D eigenvalue weighted by Crippen LogP contribution is 2.39. The van der Waals surface area contributed by atoms with Crippen LogP contribution in [0.1, 0.15) is 30.5 Å². The zero-order chi connectivity index (χ0) is 18.8. The highest BCUT2D eigenvalue weighted by molar-refractivity contribution is 5.86. The number of hydrogen-bond acceptors (Lipinski definition) is 2. The molecule has 0 heterocycles. The largest absolute Gasteiger partial charge is 0.445 e. The molecule has 0 saturated heterocycles. The van der Waals surface area contributed by atoms with E-state index in [1.165, 1.54) is 0 Å². The quantitative estimate of drug-likeness (QED) is 0.586. The molecule has 1 fully saturated rings. The molecule has 0 unspecified atom stereocenters. The van der Waals surface area contributed by atoms with Gasteiger partial charge in [-0.25, -0.2) is 9.18 Å². The molecule has 1 amide bonds. The molecule has 3 aromatic rings. The standard InChI is InChI=1S/C23H22FNO2/c1-16(19-13-7-11-18-10-5-6-12-20(18)19)25(22-14-21(22)24)23(26)27-15-17-8-3-2-4-9-17/h2-13,16,21-22H,14-15H2,1H3/t16-,21-,22-/m0/s1. The summed E-state index contributed by atoms with van der Waals surface area (Å²) in [5.74, 6) is 0. The maximum absolute atomic E-state index is 13.9. The van der Waals surface area contributed by atoms with Crippen molar-refractivity contribution in [1.82, 2.24) is 4.90 Å². The fourth-order valence-corrected chi connectivity index (χ4v) is 3.58. The number of halogens is 1. The van der Waals surface area contributed by atoms with Crippen molar-refractivity contribution in [2.45, 2.75) is 38.2 Å². The third kappa shape index (κ3) is 3.65. The number of carbonyl (C=O) groups excluding carboxylic acids is 1. The minimum absolute atomic E-state index is 0.183. The molecular formula is C23H22FNO2. The Morgan fingerprint density at radius 2 is 1.74 bits per heavy atom. The molecule has 0 bridgehead atoms. The van der Waals surface area contributed by atoms with E-state index >= 15 is 0 Å². The molecule has 0 aromatic heterocycles. The van der Waals surface area contributed by atoms with Crippen LogP contribution in [0.4, 0.5) is 9.18 Å². The predicted octanol–water partition coefficient (Wildman–Crippen LogP) is 5.65. The van der Waals surface area contributed by atoms with Crippen LogP contribution in [0.25, 0.3) is 10.8 Å². The number of nitrogens with zero attached hydrogens (tertiary/aromatic N) is 1. The van der Waals surface area contributed by atoms with Crippen LogP contribution in [-0.4, -0.2) is 23.2 Å². The zero-order valence-corrected chi connectivity index (χ0v) is 15.2. The number of hydrogen-bond donors (Lipinski definition) is 0. The number of fused-ring (bicyclic) bond motifs is 1. The average Bonchev–Trinajstić information content (AvgIpc) is 3.42. The van der Waals surface area contributed by atoms with Gasteiger partial charge in [-0.15, -0.1) is 0 Å². The van der Waals surface area contributed by atoms with Crippen molar-refractivity contribution in [1.29, 1.82) is 0 Å². The van der Waals surface area contributed by atoms with Crippen LogP contribution < -0.4 is 0 Å². The summed E-state index contributed by atoms with van der Waals surface area (Å²) in [6.45, 7) is 2.12. The van der Waals surface area contributed by atoms with Crippen molar-refractivity contribution < 1.29 is 13.9 Å². The van der Waals surface area contributed by atoms with E-state index in [0.717, 1.165) is 21.9 Å². The first-order chi connectivity index (χ1) is 13.1. The van der Waals surface area contributed by atoms with Crippen LogP contribution in [0.2, 0.25) is 0 Å². The number of benzene rings is 3. The fourth-order valence-electron chi connectivity index (χ4n) is 3.58. The van der Waals surface area contributed by atoms with Gasteiger partial charge in [0, 0.05) is 6.42 Å². The average molecular weight is 363 g/mol. The van der Waals surface area contributed by atoms with Gasteiger partial charge in [-0.2, -0.15) is 0 Å². The zero-order valence-electron chi connectivity index (χ0n) is 15.2. The lowest BCUT2D eigenvalue weighted by molar-refractivity contribution is 0.0763. The molecule has 4 rings (SSSR count). The smallest absolute Gasteiger partial charge is 0.410 e. The monoisotopic (exact) mass is 363 g/mol. The Morgan fingerprint density at radius 1 is 1.07 bits per heavy atom. The second-order valence-electron chi connectivity index (χ2n) is 7.01. The van der Waals surface area contributed by atoms with Crippen LogP contribution in [0.5, 0.6) is 0 Å². The second-order valence-corrected chi connectivity index (χ2v) is 7.01. The maximum Gasteiger partial charge on any atom is 0.410 e. The second kappa shape index (κ2) is 7.39. The molecule has 1 saturated carbocycles. The normalized spacial score (nSPS) is 19.5. The lowest BCUT2D eigenvalue weighted by Gasteiger charge is -2.29. The summed E-state index contributed by atoms with van der Waals surface area (Å²) in [7, 11) is 0. The first kappa shape index (κ1) is 17.5. The van der Waals surface area contributed by atoms with Gasteiger partial charge in [-0.1, -0.05) is 72.8 Å². The van der Waals surface area contributed by atoms with Crippen molar-refractivity contribution in [2.75, 3.05) is 0 Å². The maximum atomic E-state index is 13.9. The Morgan fingerprint density at radius 3 is 2.48 bits per heavy atom. The van der Waals surface area contributed by atoms with Crippen molar-refractivity contribution in [3.05, 3.63) is 83.9 Å². The Labute approximate surface area is 158 Å². The number of carbonyl (C=O) groups is 1. The Bertz CT molecular complexity index is 938. The summed E-state index contributed by atoms with van der Waals surface area (Å²) in [6.07, 6.45) is -1.08. The molecule has 0 N–H and O–H groups in total. The summed E-state index contributed by atoms with van der Waals surface area (Å²) < 4.78 is 19.4. The van der Waals surface area contributed by atoms with Gasteiger partial charge in [0.15, 0.2) is 0 Å².